The molecule has 0 aromatic rings. The van der Waals surface area contributed by atoms with E-state index >= 15 is 0 Å². The lowest BCUT2D eigenvalue weighted by Gasteiger charge is -2.31. The number of nitrogens with zero attached hydrogens (tertiary/aromatic N) is 3. The Balaban J connectivity index is 2.03. The van der Waals surface area contributed by atoms with E-state index in [4.69, 9.17) is 12.2 Å². The largest absolute Gasteiger partial charge is 0.374 e. The fourth-order valence-electron chi connectivity index (χ4n) is 1.88. The van der Waals surface area contributed by atoms with Crippen molar-refractivity contribution in [1.29, 1.82) is 0 Å². The number of piperazine rings is 1. The first-order valence-corrected chi connectivity index (χ1v) is 7.02. The first-order chi connectivity index (χ1) is 8.11. The average Bonchev–Trinajstić information content (AvgIpc) is 2.57. The van der Waals surface area contributed by atoms with Crippen LogP contribution < -0.4 is 0 Å². The van der Waals surface area contributed by atoms with Gasteiger partial charge in [0.1, 0.15) is 4.32 Å². The molecule has 2 aliphatic rings. The van der Waals surface area contributed by atoms with Crippen LogP contribution in [-0.4, -0.2) is 64.7 Å². The molecule has 2 aliphatic heterocycles. The molecule has 0 atom stereocenters. The van der Waals surface area contributed by atoms with Crippen LogP contribution >= 0.6 is 24.0 Å². The maximum atomic E-state index is 12.0. The average molecular weight is 271 g/mol. The summed E-state index contributed by atoms with van der Waals surface area (Å²) < 4.78 is 0.679. The smallest absolute Gasteiger partial charge is 0.267 e. The van der Waals surface area contributed by atoms with Crippen LogP contribution in [0.3, 0.4) is 0 Å². The molecule has 17 heavy (non-hydrogen) atoms. The minimum Gasteiger partial charge on any atom is -0.374 e. The van der Waals surface area contributed by atoms with Crippen molar-refractivity contribution < 1.29 is 4.79 Å². The standard InChI is InChI=1S/C11H17N3OS2/c1-3-14-10(15)9(17-11(14)16)8-13-6-4-12(2)5-7-13/h8H,3-7H2,1-2H3/b9-8-. The van der Waals surface area contributed by atoms with Crippen LogP contribution in [0.4, 0.5) is 0 Å². The first kappa shape index (κ1) is 12.9. The molecule has 0 spiro atoms. The lowest BCUT2D eigenvalue weighted by atomic mass is 10.3. The van der Waals surface area contributed by atoms with E-state index in [2.05, 4.69) is 16.8 Å². The molecule has 0 aromatic carbocycles. The molecular formula is C11H17N3OS2. The summed E-state index contributed by atoms with van der Waals surface area (Å²) in [4.78, 5) is 18.9. The summed E-state index contributed by atoms with van der Waals surface area (Å²) in [5.74, 6) is 0.0569. The maximum Gasteiger partial charge on any atom is 0.267 e. The van der Waals surface area contributed by atoms with Crippen LogP contribution in [0.15, 0.2) is 11.1 Å². The van der Waals surface area contributed by atoms with Gasteiger partial charge in [-0.1, -0.05) is 24.0 Å². The monoisotopic (exact) mass is 271 g/mol. The molecule has 2 rings (SSSR count). The second-order valence-corrected chi connectivity index (χ2v) is 5.93. The summed E-state index contributed by atoms with van der Waals surface area (Å²) in [6, 6.07) is 0. The number of hydrogen-bond donors (Lipinski definition) is 0. The molecule has 6 heteroatoms. The third-order valence-corrected chi connectivity index (χ3v) is 4.39. The predicted molar refractivity (Wildman–Crippen MR) is 74.7 cm³/mol. The molecular weight excluding hydrogens is 254 g/mol. The Bertz CT molecular complexity index is 362. The van der Waals surface area contributed by atoms with E-state index in [0.717, 1.165) is 31.1 Å². The van der Waals surface area contributed by atoms with Gasteiger partial charge in [-0.3, -0.25) is 9.69 Å². The minimum atomic E-state index is 0.0569. The van der Waals surface area contributed by atoms with Crippen molar-refractivity contribution in [3.05, 3.63) is 11.1 Å². The van der Waals surface area contributed by atoms with Crippen molar-refractivity contribution in [1.82, 2.24) is 14.7 Å². The fraction of sp³-hybridized carbons (Fsp3) is 0.636. The zero-order chi connectivity index (χ0) is 12.4. The minimum absolute atomic E-state index is 0.0569. The number of rotatable bonds is 2. The summed E-state index contributed by atoms with van der Waals surface area (Å²) in [6.07, 6.45) is 1.97. The van der Waals surface area contributed by atoms with Gasteiger partial charge in [0.25, 0.3) is 5.91 Å². The third kappa shape index (κ3) is 2.81. The number of likely N-dealkylation sites (N-methyl/N-ethyl adjacent to an activating group) is 2. The highest BCUT2D eigenvalue weighted by Gasteiger charge is 2.31. The Morgan fingerprint density at radius 1 is 1.35 bits per heavy atom. The normalized spacial score (nSPS) is 25.2. The first-order valence-electron chi connectivity index (χ1n) is 5.80. The van der Waals surface area contributed by atoms with Gasteiger partial charge in [-0.05, 0) is 14.0 Å². The van der Waals surface area contributed by atoms with Gasteiger partial charge < -0.3 is 9.80 Å². The van der Waals surface area contributed by atoms with Crippen LogP contribution in [0, 0.1) is 0 Å². The lowest BCUT2D eigenvalue weighted by Crippen LogP contribution is -2.42. The molecule has 1 amide bonds. The Kier molecular flexibility index (Phi) is 4.06. The number of thioether (sulfide) groups is 1. The highest BCUT2D eigenvalue weighted by atomic mass is 32.2. The summed E-state index contributed by atoms with van der Waals surface area (Å²) in [5.41, 5.74) is 0. The van der Waals surface area contributed by atoms with Gasteiger partial charge in [0.2, 0.25) is 0 Å². The van der Waals surface area contributed by atoms with Gasteiger partial charge in [-0.15, -0.1) is 0 Å². The Hall–Kier alpha value is -0.590. The quantitative estimate of drug-likeness (QED) is 0.551. The van der Waals surface area contributed by atoms with Crippen LogP contribution in [0.25, 0.3) is 0 Å². The molecule has 2 saturated heterocycles. The Morgan fingerprint density at radius 3 is 2.53 bits per heavy atom. The zero-order valence-electron chi connectivity index (χ0n) is 10.2. The second kappa shape index (κ2) is 5.37. The predicted octanol–water partition coefficient (Wildman–Crippen LogP) is 0.955. The van der Waals surface area contributed by atoms with E-state index in [-0.39, 0.29) is 5.91 Å². The Morgan fingerprint density at radius 2 is 2.00 bits per heavy atom. The summed E-state index contributed by atoms with van der Waals surface area (Å²) in [5, 5.41) is 0. The van der Waals surface area contributed by atoms with Crippen molar-refractivity contribution in [3.63, 3.8) is 0 Å². The van der Waals surface area contributed by atoms with Gasteiger partial charge in [0.05, 0.1) is 4.91 Å². The maximum absolute atomic E-state index is 12.0. The molecule has 2 heterocycles. The summed E-state index contributed by atoms with van der Waals surface area (Å²) in [6.45, 7) is 6.66. The van der Waals surface area contributed by atoms with Crippen molar-refractivity contribution in [2.24, 2.45) is 0 Å². The van der Waals surface area contributed by atoms with Crippen LogP contribution in [0.1, 0.15) is 6.92 Å². The van der Waals surface area contributed by atoms with E-state index in [1.807, 2.05) is 13.1 Å². The zero-order valence-corrected chi connectivity index (χ0v) is 11.8. The van der Waals surface area contributed by atoms with Gasteiger partial charge in [0, 0.05) is 38.9 Å². The molecule has 0 N–H and O–H groups in total. The van der Waals surface area contributed by atoms with Crippen molar-refractivity contribution in [3.8, 4) is 0 Å². The highest BCUT2D eigenvalue weighted by molar-refractivity contribution is 8.26. The van der Waals surface area contributed by atoms with Crippen molar-refractivity contribution in [2.75, 3.05) is 39.8 Å². The summed E-state index contributed by atoms with van der Waals surface area (Å²) >= 11 is 6.60. The van der Waals surface area contributed by atoms with E-state index in [1.165, 1.54) is 11.8 Å². The van der Waals surface area contributed by atoms with E-state index in [0.29, 0.717) is 10.9 Å². The van der Waals surface area contributed by atoms with Crippen LogP contribution in [0.2, 0.25) is 0 Å². The van der Waals surface area contributed by atoms with Gasteiger partial charge in [0.15, 0.2) is 0 Å². The third-order valence-electron chi connectivity index (χ3n) is 3.03. The molecule has 4 nitrogen and oxygen atoms in total. The van der Waals surface area contributed by atoms with Gasteiger partial charge >= 0.3 is 0 Å². The number of carbonyl (C=O) groups excluding carboxylic acids is 1. The topological polar surface area (TPSA) is 26.8 Å². The molecule has 94 valence electrons. The fourth-order valence-corrected chi connectivity index (χ4v) is 3.27. The summed E-state index contributed by atoms with van der Waals surface area (Å²) in [7, 11) is 2.12. The highest BCUT2D eigenvalue weighted by Crippen LogP contribution is 2.30. The molecule has 0 radical (unpaired) electrons. The lowest BCUT2D eigenvalue weighted by molar-refractivity contribution is -0.122. The molecule has 0 aliphatic carbocycles. The molecule has 2 fully saturated rings. The Labute approximate surface area is 112 Å². The number of thiocarbonyl (C=S) groups is 1. The van der Waals surface area contributed by atoms with E-state index < -0.39 is 0 Å². The number of hydrogen-bond acceptors (Lipinski definition) is 5. The van der Waals surface area contributed by atoms with Crippen LogP contribution in [-0.2, 0) is 4.79 Å². The number of carbonyl (C=O) groups is 1. The molecule has 0 bridgehead atoms. The second-order valence-electron chi connectivity index (χ2n) is 4.25. The van der Waals surface area contributed by atoms with Crippen LogP contribution in [0.5, 0.6) is 0 Å². The van der Waals surface area contributed by atoms with Crippen molar-refractivity contribution >= 4 is 34.2 Å². The number of amides is 1. The molecule has 0 aromatic heterocycles. The van der Waals surface area contributed by atoms with E-state index in [1.54, 1.807) is 4.90 Å². The van der Waals surface area contributed by atoms with Gasteiger partial charge in [-0.2, -0.15) is 0 Å². The van der Waals surface area contributed by atoms with Crippen molar-refractivity contribution in [2.45, 2.75) is 6.92 Å². The SMILES string of the molecule is CCN1C(=O)/C(=C/N2CCN(C)CC2)SC1=S. The van der Waals surface area contributed by atoms with Gasteiger partial charge in [-0.25, -0.2) is 0 Å². The van der Waals surface area contributed by atoms with E-state index in [9.17, 15) is 4.79 Å². The molecule has 0 saturated carbocycles. The molecule has 0 unspecified atom stereocenters.